The Morgan fingerprint density at radius 2 is 1.88 bits per heavy atom. The lowest BCUT2D eigenvalue weighted by atomic mass is 10.1. The molecule has 2 atom stereocenters. The fourth-order valence-electron chi connectivity index (χ4n) is 3.26. The minimum atomic E-state index is 0.337. The number of aliphatic imine (C=N–C) groups is 1. The van der Waals surface area contributed by atoms with Gasteiger partial charge in [-0.25, -0.2) is 0 Å². The third-order valence-corrected chi connectivity index (χ3v) is 4.29. The third-order valence-electron chi connectivity index (χ3n) is 4.29. The lowest BCUT2D eigenvalue weighted by molar-refractivity contribution is -0.0679. The Balaban J connectivity index is 1.68. The van der Waals surface area contributed by atoms with E-state index < -0.39 is 0 Å². The van der Waals surface area contributed by atoms with E-state index in [9.17, 15) is 0 Å². The topological polar surface area (TPSA) is 48.9 Å². The number of morpholine rings is 1. The van der Waals surface area contributed by atoms with E-state index in [0.717, 1.165) is 58.1 Å². The molecule has 0 amide bonds. The van der Waals surface area contributed by atoms with Crippen LogP contribution in [0.25, 0.3) is 0 Å². The highest BCUT2D eigenvalue weighted by Crippen LogP contribution is 2.10. The molecule has 1 heterocycles. The summed E-state index contributed by atoms with van der Waals surface area (Å²) in [4.78, 5) is 7.19. The zero-order chi connectivity index (χ0) is 17.9. The van der Waals surface area contributed by atoms with Crippen LogP contribution in [-0.2, 0) is 11.2 Å². The number of rotatable bonds is 8. The van der Waals surface area contributed by atoms with Crippen molar-refractivity contribution in [3.63, 3.8) is 0 Å². The van der Waals surface area contributed by atoms with Crippen LogP contribution in [0.2, 0.25) is 0 Å². The van der Waals surface area contributed by atoms with E-state index in [4.69, 9.17) is 9.73 Å². The van der Waals surface area contributed by atoms with Crippen molar-refractivity contribution in [1.29, 1.82) is 0 Å². The van der Waals surface area contributed by atoms with E-state index in [0.29, 0.717) is 12.2 Å². The summed E-state index contributed by atoms with van der Waals surface area (Å²) in [5.41, 5.74) is 1.35. The molecule has 0 aromatic heterocycles. The average Bonchev–Trinajstić information content (AvgIpc) is 2.59. The quantitative estimate of drug-likeness (QED) is 0.431. The van der Waals surface area contributed by atoms with Crippen LogP contribution in [0.5, 0.6) is 0 Å². The molecule has 25 heavy (non-hydrogen) atoms. The molecule has 0 bridgehead atoms. The van der Waals surface area contributed by atoms with Gasteiger partial charge in [-0.15, -0.1) is 0 Å². The van der Waals surface area contributed by atoms with Crippen molar-refractivity contribution in [3.8, 4) is 0 Å². The number of guanidine groups is 1. The van der Waals surface area contributed by atoms with Crippen LogP contribution in [0.4, 0.5) is 0 Å². The van der Waals surface area contributed by atoms with Gasteiger partial charge in [-0.2, -0.15) is 0 Å². The Kier molecular flexibility index (Phi) is 8.77. The second-order valence-electron chi connectivity index (χ2n) is 6.79. The summed E-state index contributed by atoms with van der Waals surface area (Å²) in [6, 6.07) is 10.6. The highest BCUT2D eigenvalue weighted by atomic mass is 16.5. The minimum Gasteiger partial charge on any atom is -0.373 e. The molecule has 1 aromatic carbocycles. The summed E-state index contributed by atoms with van der Waals surface area (Å²) in [7, 11) is 0. The molecular weight excluding hydrogens is 312 g/mol. The van der Waals surface area contributed by atoms with Crippen molar-refractivity contribution in [3.05, 3.63) is 35.9 Å². The molecule has 0 aliphatic carbocycles. The van der Waals surface area contributed by atoms with Gasteiger partial charge in [0.2, 0.25) is 0 Å². The molecule has 1 aliphatic heterocycles. The van der Waals surface area contributed by atoms with Crippen LogP contribution in [0.1, 0.15) is 32.8 Å². The first kappa shape index (κ1) is 19.7. The Bertz CT molecular complexity index is 496. The second-order valence-corrected chi connectivity index (χ2v) is 6.79. The van der Waals surface area contributed by atoms with Gasteiger partial charge in [0.25, 0.3) is 0 Å². The summed E-state index contributed by atoms with van der Waals surface area (Å²) in [5, 5.41) is 6.75. The van der Waals surface area contributed by atoms with Gasteiger partial charge >= 0.3 is 0 Å². The lowest BCUT2D eigenvalue weighted by Crippen LogP contribution is -2.45. The van der Waals surface area contributed by atoms with E-state index in [1.165, 1.54) is 5.56 Å². The summed E-state index contributed by atoms with van der Waals surface area (Å²) < 4.78 is 5.78. The standard InChI is InChI=1S/C20H34N4O/c1-4-21-20(23-13-11-19-9-6-5-7-10-19)22-12-8-14-24-15-17(2)25-18(3)16-24/h5-7,9-10,17-18H,4,8,11-16H2,1-3H3,(H2,21,22,23). The van der Waals surface area contributed by atoms with Crippen molar-refractivity contribution in [2.75, 3.05) is 39.3 Å². The SMILES string of the molecule is CCNC(=NCCCN1CC(C)OC(C)C1)NCCc1ccccc1. The summed E-state index contributed by atoms with van der Waals surface area (Å²) in [6.45, 7) is 12.2. The van der Waals surface area contributed by atoms with Crippen molar-refractivity contribution in [2.45, 2.75) is 45.8 Å². The molecule has 0 spiro atoms. The van der Waals surface area contributed by atoms with Gasteiger partial charge in [-0.05, 0) is 39.2 Å². The van der Waals surface area contributed by atoms with Crippen LogP contribution in [0.15, 0.2) is 35.3 Å². The van der Waals surface area contributed by atoms with Gasteiger partial charge < -0.3 is 15.4 Å². The molecule has 2 unspecified atom stereocenters. The maximum Gasteiger partial charge on any atom is 0.191 e. The minimum absolute atomic E-state index is 0.337. The molecule has 5 nitrogen and oxygen atoms in total. The first-order chi connectivity index (χ1) is 12.2. The average molecular weight is 347 g/mol. The fraction of sp³-hybridized carbons (Fsp3) is 0.650. The normalized spacial score (nSPS) is 22.0. The molecule has 2 N–H and O–H groups in total. The van der Waals surface area contributed by atoms with Crippen LogP contribution in [0.3, 0.4) is 0 Å². The lowest BCUT2D eigenvalue weighted by Gasteiger charge is -2.35. The predicted octanol–water partition coefficient (Wildman–Crippen LogP) is 2.28. The molecule has 1 saturated heterocycles. The molecule has 1 aromatic rings. The monoisotopic (exact) mass is 346 g/mol. The summed E-state index contributed by atoms with van der Waals surface area (Å²) in [6.07, 6.45) is 2.76. The van der Waals surface area contributed by atoms with Crippen molar-refractivity contribution in [1.82, 2.24) is 15.5 Å². The van der Waals surface area contributed by atoms with E-state index in [1.54, 1.807) is 0 Å². The van der Waals surface area contributed by atoms with Crippen LogP contribution in [0, 0.1) is 0 Å². The smallest absolute Gasteiger partial charge is 0.191 e. The van der Waals surface area contributed by atoms with E-state index in [1.807, 2.05) is 0 Å². The number of benzene rings is 1. The first-order valence-corrected chi connectivity index (χ1v) is 9.61. The molecule has 1 aliphatic rings. The van der Waals surface area contributed by atoms with Gasteiger partial charge in [0.1, 0.15) is 0 Å². The maximum atomic E-state index is 5.78. The maximum absolute atomic E-state index is 5.78. The predicted molar refractivity (Wildman–Crippen MR) is 105 cm³/mol. The van der Waals surface area contributed by atoms with Gasteiger partial charge in [0, 0.05) is 39.3 Å². The van der Waals surface area contributed by atoms with Gasteiger partial charge in [0.05, 0.1) is 12.2 Å². The molecule has 0 saturated carbocycles. The zero-order valence-electron chi connectivity index (χ0n) is 16.0. The van der Waals surface area contributed by atoms with Crippen LogP contribution < -0.4 is 10.6 Å². The Hall–Kier alpha value is -1.59. The van der Waals surface area contributed by atoms with Crippen molar-refractivity contribution in [2.24, 2.45) is 4.99 Å². The summed E-state index contributed by atoms with van der Waals surface area (Å²) >= 11 is 0. The van der Waals surface area contributed by atoms with Gasteiger partial charge in [0.15, 0.2) is 5.96 Å². The van der Waals surface area contributed by atoms with Gasteiger partial charge in [-0.3, -0.25) is 9.89 Å². The number of nitrogens with zero attached hydrogens (tertiary/aromatic N) is 2. The molecule has 2 rings (SSSR count). The highest BCUT2D eigenvalue weighted by molar-refractivity contribution is 5.79. The Morgan fingerprint density at radius 3 is 2.56 bits per heavy atom. The van der Waals surface area contributed by atoms with Crippen LogP contribution in [-0.4, -0.2) is 62.3 Å². The fourth-order valence-corrected chi connectivity index (χ4v) is 3.26. The van der Waals surface area contributed by atoms with E-state index in [2.05, 4.69) is 66.6 Å². The first-order valence-electron chi connectivity index (χ1n) is 9.61. The van der Waals surface area contributed by atoms with E-state index in [-0.39, 0.29) is 0 Å². The molecular formula is C20H34N4O. The van der Waals surface area contributed by atoms with Crippen molar-refractivity contribution < 1.29 is 4.74 Å². The Morgan fingerprint density at radius 1 is 1.16 bits per heavy atom. The van der Waals surface area contributed by atoms with Gasteiger partial charge in [-0.1, -0.05) is 30.3 Å². The van der Waals surface area contributed by atoms with Crippen LogP contribution >= 0.6 is 0 Å². The zero-order valence-corrected chi connectivity index (χ0v) is 16.0. The molecule has 5 heteroatoms. The number of ether oxygens (including phenoxy) is 1. The second kappa shape index (κ2) is 11.1. The molecule has 0 radical (unpaired) electrons. The molecule has 140 valence electrons. The molecule has 1 fully saturated rings. The number of nitrogens with one attached hydrogen (secondary N) is 2. The number of hydrogen-bond donors (Lipinski definition) is 2. The summed E-state index contributed by atoms with van der Waals surface area (Å²) in [5.74, 6) is 0.919. The Labute approximate surface area is 152 Å². The highest BCUT2D eigenvalue weighted by Gasteiger charge is 2.21. The van der Waals surface area contributed by atoms with E-state index >= 15 is 0 Å². The number of hydrogen-bond acceptors (Lipinski definition) is 3. The largest absolute Gasteiger partial charge is 0.373 e. The van der Waals surface area contributed by atoms with Crippen molar-refractivity contribution >= 4 is 5.96 Å². The third kappa shape index (κ3) is 7.88.